The van der Waals surface area contributed by atoms with Crippen LogP contribution in [0.1, 0.15) is 28.8 Å². The van der Waals surface area contributed by atoms with Crippen molar-refractivity contribution in [3.63, 3.8) is 0 Å². The number of carbonyl (C=O) groups is 2. The second-order valence-electron chi connectivity index (χ2n) is 4.27. The summed E-state index contributed by atoms with van der Waals surface area (Å²) in [7, 11) is 0. The molecule has 0 saturated heterocycles. The van der Waals surface area contributed by atoms with Gasteiger partial charge in [0.05, 0.1) is 11.1 Å². The zero-order valence-corrected chi connectivity index (χ0v) is 11.0. The molecule has 1 amide bonds. The van der Waals surface area contributed by atoms with Crippen LogP contribution < -0.4 is 5.32 Å². The summed E-state index contributed by atoms with van der Waals surface area (Å²) in [5.41, 5.74) is -1.70. The standard InChI is InChI=1S/C14H14F3NO3/c1-2-3-8-11(13(20)21)18-12(19)9-6-4-5-7-10(9)14(15,16)17/h2,4-7,11H,1,3,8H2,(H,18,19)(H,20,21)/t11-/m1/s1. The van der Waals surface area contributed by atoms with E-state index in [1.54, 1.807) is 0 Å². The minimum absolute atomic E-state index is 0.0543. The Kier molecular flexibility index (Phi) is 5.52. The van der Waals surface area contributed by atoms with Gasteiger partial charge in [-0.25, -0.2) is 4.79 Å². The third-order valence-electron chi connectivity index (χ3n) is 2.74. The van der Waals surface area contributed by atoms with Crippen molar-refractivity contribution in [3.8, 4) is 0 Å². The molecule has 7 heteroatoms. The fraction of sp³-hybridized carbons (Fsp3) is 0.286. The van der Waals surface area contributed by atoms with Gasteiger partial charge in [0.25, 0.3) is 5.91 Å². The smallest absolute Gasteiger partial charge is 0.417 e. The summed E-state index contributed by atoms with van der Waals surface area (Å²) >= 11 is 0. The van der Waals surface area contributed by atoms with Crippen molar-refractivity contribution >= 4 is 11.9 Å². The number of halogens is 3. The Morgan fingerprint density at radius 2 is 1.95 bits per heavy atom. The lowest BCUT2D eigenvalue weighted by atomic mass is 10.1. The molecule has 0 aliphatic carbocycles. The van der Waals surface area contributed by atoms with Crippen molar-refractivity contribution in [2.75, 3.05) is 0 Å². The predicted octanol–water partition coefficient (Wildman–Crippen LogP) is 2.85. The number of hydrogen-bond donors (Lipinski definition) is 2. The number of nitrogens with one attached hydrogen (secondary N) is 1. The van der Waals surface area contributed by atoms with Crippen LogP contribution in [0.3, 0.4) is 0 Å². The first-order valence-corrected chi connectivity index (χ1v) is 6.08. The Hall–Kier alpha value is -2.31. The van der Waals surface area contributed by atoms with Crippen LogP contribution in [0.4, 0.5) is 13.2 Å². The van der Waals surface area contributed by atoms with Crippen LogP contribution >= 0.6 is 0 Å². The molecule has 0 heterocycles. The van der Waals surface area contributed by atoms with Gasteiger partial charge in [-0.2, -0.15) is 13.2 Å². The minimum atomic E-state index is -4.69. The Labute approximate surface area is 119 Å². The molecule has 1 rings (SSSR count). The van der Waals surface area contributed by atoms with Crippen LogP contribution in [-0.2, 0) is 11.0 Å². The van der Waals surface area contributed by atoms with Crippen LogP contribution in [0, 0.1) is 0 Å². The molecule has 0 fully saturated rings. The highest BCUT2D eigenvalue weighted by molar-refractivity contribution is 5.98. The van der Waals surface area contributed by atoms with Crippen molar-refractivity contribution in [2.45, 2.75) is 25.1 Å². The number of aliphatic carboxylic acids is 1. The van der Waals surface area contributed by atoms with E-state index in [9.17, 15) is 22.8 Å². The van der Waals surface area contributed by atoms with E-state index in [0.717, 1.165) is 18.2 Å². The van der Waals surface area contributed by atoms with Crippen LogP contribution in [0.2, 0.25) is 0 Å². The average molecular weight is 301 g/mol. The summed E-state index contributed by atoms with van der Waals surface area (Å²) in [6.07, 6.45) is -2.85. The van der Waals surface area contributed by atoms with Gasteiger partial charge in [0.1, 0.15) is 6.04 Å². The van der Waals surface area contributed by atoms with Gasteiger partial charge in [0.15, 0.2) is 0 Å². The van der Waals surface area contributed by atoms with E-state index in [2.05, 4.69) is 11.9 Å². The molecule has 0 aromatic heterocycles. The second kappa shape index (κ2) is 6.92. The Morgan fingerprint density at radius 3 is 2.48 bits per heavy atom. The molecular formula is C14H14F3NO3. The molecule has 0 aliphatic rings. The zero-order chi connectivity index (χ0) is 16.0. The van der Waals surface area contributed by atoms with Gasteiger partial charge in [-0.3, -0.25) is 4.79 Å². The molecular weight excluding hydrogens is 287 g/mol. The highest BCUT2D eigenvalue weighted by atomic mass is 19.4. The van der Waals surface area contributed by atoms with E-state index in [1.165, 1.54) is 12.1 Å². The average Bonchev–Trinajstić information content (AvgIpc) is 2.42. The first kappa shape index (κ1) is 16.7. The molecule has 0 bridgehead atoms. The summed E-state index contributed by atoms with van der Waals surface area (Å²) in [6.45, 7) is 3.42. The van der Waals surface area contributed by atoms with Gasteiger partial charge in [0, 0.05) is 0 Å². The van der Waals surface area contributed by atoms with E-state index in [4.69, 9.17) is 5.11 Å². The predicted molar refractivity (Wildman–Crippen MR) is 69.8 cm³/mol. The molecule has 21 heavy (non-hydrogen) atoms. The van der Waals surface area contributed by atoms with E-state index < -0.39 is 35.2 Å². The number of benzene rings is 1. The Bertz CT molecular complexity index is 541. The fourth-order valence-electron chi connectivity index (χ4n) is 1.71. The van der Waals surface area contributed by atoms with E-state index >= 15 is 0 Å². The van der Waals surface area contributed by atoms with E-state index in [-0.39, 0.29) is 6.42 Å². The first-order valence-electron chi connectivity index (χ1n) is 6.08. The first-order chi connectivity index (χ1) is 9.77. The third-order valence-corrected chi connectivity index (χ3v) is 2.74. The quantitative estimate of drug-likeness (QED) is 0.794. The second-order valence-corrected chi connectivity index (χ2v) is 4.27. The van der Waals surface area contributed by atoms with Crippen molar-refractivity contribution in [2.24, 2.45) is 0 Å². The SMILES string of the molecule is C=CCC[C@@H](NC(=O)c1ccccc1C(F)(F)F)C(=O)O. The number of carboxylic acids is 1. The Balaban J connectivity index is 2.98. The van der Waals surface area contributed by atoms with Crippen molar-refractivity contribution in [3.05, 3.63) is 48.0 Å². The van der Waals surface area contributed by atoms with Gasteiger partial charge in [-0.05, 0) is 25.0 Å². The molecule has 1 aromatic carbocycles. The molecule has 0 spiro atoms. The number of allylic oxidation sites excluding steroid dienone is 1. The molecule has 0 radical (unpaired) electrons. The summed E-state index contributed by atoms with van der Waals surface area (Å²) < 4.78 is 38.4. The van der Waals surface area contributed by atoms with Gasteiger partial charge >= 0.3 is 12.1 Å². The number of hydrogen-bond acceptors (Lipinski definition) is 2. The molecule has 4 nitrogen and oxygen atoms in total. The van der Waals surface area contributed by atoms with Crippen LogP contribution in [0.15, 0.2) is 36.9 Å². The van der Waals surface area contributed by atoms with Crippen molar-refractivity contribution < 1.29 is 27.9 Å². The monoisotopic (exact) mass is 301 g/mol. The van der Waals surface area contributed by atoms with E-state index in [1.807, 2.05) is 0 Å². The Morgan fingerprint density at radius 1 is 1.33 bits per heavy atom. The van der Waals surface area contributed by atoms with Crippen LogP contribution in [-0.4, -0.2) is 23.0 Å². The summed E-state index contributed by atoms with van der Waals surface area (Å²) in [5.74, 6) is -2.38. The highest BCUT2D eigenvalue weighted by Crippen LogP contribution is 2.31. The van der Waals surface area contributed by atoms with Crippen LogP contribution in [0.25, 0.3) is 0 Å². The molecule has 1 aromatic rings. The number of rotatable bonds is 6. The molecule has 114 valence electrons. The molecule has 0 saturated carbocycles. The maximum absolute atomic E-state index is 12.8. The number of alkyl halides is 3. The van der Waals surface area contributed by atoms with Gasteiger partial charge < -0.3 is 10.4 Å². The lowest BCUT2D eigenvalue weighted by Crippen LogP contribution is -2.41. The minimum Gasteiger partial charge on any atom is -0.480 e. The summed E-state index contributed by atoms with van der Waals surface area (Å²) in [6, 6.07) is 2.95. The van der Waals surface area contributed by atoms with Gasteiger partial charge in [-0.15, -0.1) is 6.58 Å². The lowest BCUT2D eigenvalue weighted by molar-refractivity contribution is -0.139. The molecule has 0 unspecified atom stereocenters. The zero-order valence-electron chi connectivity index (χ0n) is 11.0. The maximum Gasteiger partial charge on any atom is 0.417 e. The van der Waals surface area contributed by atoms with E-state index in [0.29, 0.717) is 6.42 Å². The number of carbonyl (C=O) groups excluding carboxylic acids is 1. The van der Waals surface area contributed by atoms with Gasteiger partial charge in [0.2, 0.25) is 0 Å². The lowest BCUT2D eigenvalue weighted by Gasteiger charge is -2.16. The van der Waals surface area contributed by atoms with Crippen molar-refractivity contribution in [1.82, 2.24) is 5.32 Å². The fourth-order valence-corrected chi connectivity index (χ4v) is 1.71. The molecule has 1 atom stereocenters. The van der Waals surface area contributed by atoms with Gasteiger partial charge in [-0.1, -0.05) is 18.2 Å². The molecule has 2 N–H and O–H groups in total. The molecule has 0 aliphatic heterocycles. The summed E-state index contributed by atoms with van der Waals surface area (Å²) in [4.78, 5) is 22.9. The summed E-state index contributed by atoms with van der Waals surface area (Å²) in [5, 5.41) is 11.0. The number of carboxylic acid groups (broad SMARTS) is 1. The topological polar surface area (TPSA) is 66.4 Å². The maximum atomic E-state index is 12.8. The third kappa shape index (κ3) is 4.62. The normalized spacial score (nSPS) is 12.5. The van der Waals surface area contributed by atoms with Crippen LogP contribution in [0.5, 0.6) is 0 Å². The highest BCUT2D eigenvalue weighted by Gasteiger charge is 2.35. The largest absolute Gasteiger partial charge is 0.480 e. The number of amides is 1. The van der Waals surface area contributed by atoms with Crippen molar-refractivity contribution in [1.29, 1.82) is 0 Å².